The summed E-state index contributed by atoms with van der Waals surface area (Å²) in [5, 5.41) is 17.1. The van der Waals surface area contributed by atoms with Crippen molar-refractivity contribution in [3.63, 3.8) is 0 Å². The molecule has 0 saturated heterocycles. The predicted octanol–water partition coefficient (Wildman–Crippen LogP) is 6.22. The van der Waals surface area contributed by atoms with Crippen LogP contribution in [0.25, 0.3) is 0 Å². The third-order valence-corrected chi connectivity index (χ3v) is 4.79. The Balaban J connectivity index is 3.50. The summed E-state index contributed by atoms with van der Waals surface area (Å²) in [4.78, 5) is 20.7. The summed E-state index contributed by atoms with van der Waals surface area (Å²) < 4.78 is 0. The Morgan fingerprint density at radius 2 is 1.35 bits per heavy atom. The van der Waals surface area contributed by atoms with Crippen LogP contribution in [0.3, 0.4) is 0 Å². The Hall–Kier alpha value is -1.58. The maximum atomic E-state index is 10.4. The number of rotatable bonds is 17. The van der Waals surface area contributed by atoms with Gasteiger partial charge in [-0.25, -0.2) is 4.79 Å². The number of unbranched alkanes of at least 4 members (excludes halogenated alkanes) is 5. The lowest BCUT2D eigenvalue weighted by Crippen LogP contribution is -2.01. The summed E-state index contributed by atoms with van der Waals surface area (Å²) in [5.74, 6) is -0.0664. The van der Waals surface area contributed by atoms with E-state index in [0.29, 0.717) is 6.42 Å². The summed E-state index contributed by atoms with van der Waals surface area (Å²) in [7, 11) is 0. The van der Waals surface area contributed by atoms with Crippen LogP contribution in [0.15, 0.2) is 24.3 Å². The van der Waals surface area contributed by atoms with Crippen molar-refractivity contribution >= 4 is 11.9 Å². The minimum absolute atomic E-state index is 0.309. The molecule has 4 heteroatoms. The van der Waals surface area contributed by atoms with Crippen molar-refractivity contribution in [1.82, 2.24) is 0 Å². The van der Waals surface area contributed by atoms with Gasteiger partial charge in [-0.15, -0.1) is 0 Å². The van der Waals surface area contributed by atoms with Crippen molar-refractivity contribution in [2.24, 2.45) is 11.8 Å². The van der Waals surface area contributed by atoms with E-state index in [-0.39, 0.29) is 0 Å². The minimum atomic E-state index is -0.907. The fourth-order valence-electron chi connectivity index (χ4n) is 3.05. The maximum absolute atomic E-state index is 10.4. The van der Waals surface area contributed by atoms with Gasteiger partial charge in [-0.05, 0) is 31.1 Å². The van der Waals surface area contributed by atoms with Gasteiger partial charge in [0.25, 0.3) is 0 Å². The molecule has 2 unspecified atom stereocenters. The molecule has 0 aromatic heterocycles. The SMILES string of the molecule is CC(CCCC=CC=CC(=O)O)CCC(C)CCCCCCCC(=O)O. The van der Waals surface area contributed by atoms with E-state index in [9.17, 15) is 9.59 Å². The van der Waals surface area contributed by atoms with E-state index < -0.39 is 11.9 Å². The van der Waals surface area contributed by atoms with Gasteiger partial charge in [0, 0.05) is 12.5 Å². The van der Waals surface area contributed by atoms with Gasteiger partial charge in [-0.3, -0.25) is 4.79 Å². The fraction of sp³-hybridized carbons (Fsp3) is 0.727. The van der Waals surface area contributed by atoms with Crippen LogP contribution in [0, 0.1) is 11.8 Å². The van der Waals surface area contributed by atoms with E-state index in [1.807, 2.05) is 12.2 Å². The van der Waals surface area contributed by atoms with Gasteiger partial charge in [-0.1, -0.05) is 83.4 Å². The molecule has 0 aliphatic heterocycles. The highest BCUT2D eigenvalue weighted by Crippen LogP contribution is 2.21. The van der Waals surface area contributed by atoms with Crippen LogP contribution < -0.4 is 0 Å². The van der Waals surface area contributed by atoms with Crippen LogP contribution in [0.2, 0.25) is 0 Å². The summed E-state index contributed by atoms with van der Waals surface area (Å²) in [6.45, 7) is 4.66. The highest BCUT2D eigenvalue weighted by Gasteiger charge is 2.07. The van der Waals surface area contributed by atoms with E-state index in [1.165, 1.54) is 38.5 Å². The Morgan fingerprint density at radius 1 is 0.769 bits per heavy atom. The third-order valence-electron chi connectivity index (χ3n) is 4.79. The number of carboxylic acids is 2. The summed E-state index contributed by atoms with van der Waals surface area (Å²) in [5.41, 5.74) is 0. The summed E-state index contributed by atoms with van der Waals surface area (Å²) in [6.07, 6.45) is 19.6. The van der Waals surface area contributed by atoms with Crippen molar-refractivity contribution in [3.8, 4) is 0 Å². The molecule has 0 aromatic rings. The molecular weight excluding hydrogens is 328 g/mol. The molecule has 0 radical (unpaired) electrons. The Morgan fingerprint density at radius 3 is 1.96 bits per heavy atom. The van der Waals surface area contributed by atoms with Gasteiger partial charge in [0.1, 0.15) is 0 Å². The topological polar surface area (TPSA) is 74.6 Å². The van der Waals surface area contributed by atoms with E-state index in [0.717, 1.165) is 50.0 Å². The van der Waals surface area contributed by atoms with Gasteiger partial charge in [0.15, 0.2) is 0 Å². The second kappa shape index (κ2) is 16.9. The zero-order valence-electron chi connectivity index (χ0n) is 16.7. The second-order valence-corrected chi connectivity index (χ2v) is 7.54. The molecule has 0 aliphatic rings. The summed E-state index contributed by atoms with van der Waals surface area (Å²) in [6, 6.07) is 0. The monoisotopic (exact) mass is 366 g/mol. The molecular formula is C22H38O4. The largest absolute Gasteiger partial charge is 0.481 e. The van der Waals surface area contributed by atoms with Crippen molar-refractivity contribution < 1.29 is 19.8 Å². The average Bonchev–Trinajstić information content (AvgIpc) is 2.57. The standard InChI is InChI=1S/C22H38O4/c1-19(13-9-5-3-7-11-15-21(23)24)17-18-20(2)14-10-6-4-8-12-16-22(25)26/h3,7,11,15,19-20H,4-6,8-10,12-14,16-18H2,1-2H3,(H,23,24)(H,25,26). The molecule has 0 rings (SSSR count). The first-order valence-corrected chi connectivity index (χ1v) is 10.2. The van der Waals surface area contributed by atoms with Gasteiger partial charge in [-0.2, -0.15) is 0 Å². The quantitative estimate of drug-likeness (QED) is 0.182. The third kappa shape index (κ3) is 18.8. The van der Waals surface area contributed by atoms with E-state index in [2.05, 4.69) is 13.8 Å². The minimum Gasteiger partial charge on any atom is -0.481 e. The first-order valence-electron chi connectivity index (χ1n) is 10.2. The molecule has 0 spiro atoms. The molecule has 0 bridgehead atoms. The van der Waals surface area contributed by atoms with Crippen molar-refractivity contribution in [2.75, 3.05) is 0 Å². The lowest BCUT2D eigenvalue weighted by Gasteiger charge is -2.15. The van der Waals surface area contributed by atoms with Gasteiger partial charge >= 0.3 is 11.9 Å². The maximum Gasteiger partial charge on any atom is 0.328 e. The van der Waals surface area contributed by atoms with Crippen LogP contribution in [0.1, 0.15) is 90.9 Å². The highest BCUT2D eigenvalue weighted by atomic mass is 16.4. The van der Waals surface area contributed by atoms with Gasteiger partial charge in [0.05, 0.1) is 0 Å². The summed E-state index contributed by atoms with van der Waals surface area (Å²) >= 11 is 0. The molecule has 0 fully saturated rings. The van der Waals surface area contributed by atoms with Crippen LogP contribution in [-0.2, 0) is 9.59 Å². The number of carbonyl (C=O) groups is 2. The number of allylic oxidation sites excluding steroid dienone is 3. The number of hydrogen-bond donors (Lipinski definition) is 2. The van der Waals surface area contributed by atoms with Crippen molar-refractivity contribution in [1.29, 1.82) is 0 Å². The molecule has 4 nitrogen and oxygen atoms in total. The Bertz CT molecular complexity index is 426. The van der Waals surface area contributed by atoms with Gasteiger partial charge < -0.3 is 10.2 Å². The van der Waals surface area contributed by atoms with Crippen LogP contribution in [-0.4, -0.2) is 22.2 Å². The molecule has 2 atom stereocenters. The Labute approximate surface area is 159 Å². The number of aliphatic carboxylic acids is 2. The molecule has 0 saturated carbocycles. The molecule has 0 heterocycles. The molecule has 0 aliphatic carbocycles. The second-order valence-electron chi connectivity index (χ2n) is 7.54. The highest BCUT2D eigenvalue weighted by molar-refractivity contribution is 5.80. The van der Waals surface area contributed by atoms with Crippen LogP contribution >= 0.6 is 0 Å². The molecule has 0 aromatic carbocycles. The molecule has 150 valence electrons. The first-order chi connectivity index (χ1) is 12.4. The molecule has 2 N–H and O–H groups in total. The lowest BCUT2D eigenvalue weighted by molar-refractivity contribution is -0.137. The zero-order chi connectivity index (χ0) is 19.6. The first kappa shape index (κ1) is 24.4. The van der Waals surface area contributed by atoms with E-state index >= 15 is 0 Å². The van der Waals surface area contributed by atoms with Crippen LogP contribution in [0.4, 0.5) is 0 Å². The van der Waals surface area contributed by atoms with Crippen molar-refractivity contribution in [3.05, 3.63) is 24.3 Å². The molecule has 0 amide bonds. The van der Waals surface area contributed by atoms with E-state index in [4.69, 9.17) is 10.2 Å². The molecule has 26 heavy (non-hydrogen) atoms. The fourth-order valence-corrected chi connectivity index (χ4v) is 3.05. The van der Waals surface area contributed by atoms with Crippen LogP contribution in [0.5, 0.6) is 0 Å². The number of carboxylic acid groups (broad SMARTS) is 2. The van der Waals surface area contributed by atoms with E-state index in [1.54, 1.807) is 6.08 Å². The normalized spacial score (nSPS) is 14.1. The number of hydrogen-bond acceptors (Lipinski definition) is 2. The van der Waals surface area contributed by atoms with Crippen molar-refractivity contribution in [2.45, 2.75) is 90.9 Å². The average molecular weight is 367 g/mol. The lowest BCUT2D eigenvalue weighted by atomic mass is 9.91. The zero-order valence-corrected chi connectivity index (χ0v) is 16.7. The predicted molar refractivity (Wildman–Crippen MR) is 107 cm³/mol. The van der Waals surface area contributed by atoms with Gasteiger partial charge in [0.2, 0.25) is 0 Å². The Kier molecular flexibility index (Phi) is 15.8. The smallest absolute Gasteiger partial charge is 0.328 e.